The average molecular weight is 367 g/mol. The molecule has 3 heteroatoms. The van der Waals surface area contributed by atoms with Crippen LogP contribution < -0.4 is 9.88 Å². The topological polar surface area (TPSA) is 33.0 Å². The molecule has 0 fully saturated rings. The Morgan fingerprint density at radius 3 is 2.36 bits per heavy atom. The molecule has 0 unspecified atom stereocenters. The quantitative estimate of drug-likeness (QED) is 0.387. The molecule has 0 aliphatic heterocycles. The third-order valence-electron chi connectivity index (χ3n) is 4.94. The van der Waals surface area contributed by atoms with Crippen molar-refractivity contribution >= 4 is 22.4 Å². The van der Waals surface area contributed by atoms with Gasteiger partial charge in [0.25, 0.3) is 0 Å². The van der Waals surface area contributed by atoms with Gasteiger partial charge in [-0.15, -0.1) is 0 Å². The maximum absolute atomic E-state index is 12.7. The van der Waals surface area contributed by atoms with E-state index in [2.05, 4.69) is 29.6 Å². The van der Waals surface area contributed by atoms with Gasteiger partial charge in [0.2, 0.25) is 17.8 Å². The molecule has 1 N–H and O–H groups in total. The number of aryl methyl sites for hydroxylation is 1. The third-order valence-corrected chi connectivity index (χ3v) is 4.94. The number of hydrogen-bond acceptors (Lipinski definition) is 2. The van der Waals surface area contributed by atoms with E-state index in [1.807, 2.05) is 78.4 Å². The van der Waals surface area contributed by atoms with E-state index >= 15 is 0 Å². The van der Waals surface area contributed by atoms with E-state index in [9.17, 15) is 4.79 Å². The first-order chi connectivity index (χ1) is 13.7. The van der Waals surface area contributed by atoms with E-state index < -0.39 is 0 Å². The van der Waals surface area contributed by atoms with Crippen molar-refractivity contribution in [3.63, 3.8) is 0 Å². The van der Waals surface area contributed by atoms with Crippen molar-refractivity contribution in [2.45, 2.75) is 20.0 Å². The van der Waals surface area contributed by atoms with Crippen LogP contribution in [0.4, 0.5) is 5.69 Å². The molecule has 3 nitrogen and oxygen atoms in total. The van der Waals surface area contributed by atoms with E-state index in [1.54, 1.807) is 0 Å². The summed E-state index contributed by atoms with van der Waals surface area (Å²) in [5, 5.41) is 4.63. The Kier molecular flexibility index (Phi) is 5.16. The summed E-state index contributed by atoms with van der Waals surface area (Å²) < 4.78 is 2.02. The molecule has 0 bridgehead atoms. The van der Waals surface area contributed by atoms with Crippen molar-refractivity contribution in [1.82, 2.24) is 0 Å². The SMILES string of the molecule is Cc1ccc(C(=O)C[n+]2ccc(NCc3ccccc3)c3ccccc32)cc1. The van der Waals surface area contributed by atoms with Crippen molar-refractivity contribution < 1.29 is 9.36 Å². The highest BCUT2D eigenvalue weighted by molar-refractivity contribution is 5.95. The summed E-state index contributed by atoms with van der Waals surface area (Å²) in [6.07, 6.45) is 1.99. The highest BCUT2D eigenvalue weighted by Crippen LogP contribution is 2.21. The second-order valence-corrected chi connectivity index (χ2v) is 7.00. The fourth-order valence-corrected chi connectivity index (χ4v) is 3.36. The van der Waals surface area contributed by atoms with Crippen molar-refractivity contribution in [3.05, 3.63) is 108 Å². The number of nitrogens with zero attached hydrogens (tertiary/aromatic N) is 1. The number of nitrogens with one attached hydrogen (secondary N) is 1. The summed E-state index contributed by atoms with van der Waals surface area (Å²) in [5.41, 5.74) is 5.24. The maximum Gasteiger partial charge on any atom is 0.227 e. The summed E-state index contributed by atoms with van der Waals surface area (Å²) in [4.78, 5) is 12.7. The lowest BCUT2D eigenvalue weighted by atomic mass is 10.1. The van der Waals surface area contributed by atoms with Gasteiger partial charge >= 0.3 is 0 Å². The van der Waals surface area contributed by atoms with Crippen molar-refractivity contribution in [1.29, 1.82) is 0 Å². The highest BCUT2D eigenvalue weighted by Gasteiger charge is 2.17. The van der Waals surface area contributed by atoms with Crippen molar-refractivity contribution in [2.75, 3.05) is 5.32 Å². The Morgan fingerprint density at radius 1 is 0.857 bits per heavy atom. The lowest BCUT2D eigenvalue weighted by Crippen LogP contribution is -2.38. The van der Waals surface area contributed by atoms with E-state index in [-0.39, 0.29) is 5.78 Å². The van der Waals surface area contributed by atoms with Crippen LogP contribution in [0.1, 0.15) is 21.5 Å². The van der Waals surface area contributed by atoms with Crippen LogP contribution in [0.15, 0.2) is 91.1 Å². The molecule has 0 saturated carbocycles. The number of hydrogen-bond donors (Lipinski definition) is 1. The fourth-order valence-electron chi connectivity index (χ4n) is 3.36. The standard InChI is InChI=1S/C25H22N2O/c1-19-11-13-21(14-12-19)25(28)18-27-16-15-23(22-9-5-6-10-24(22)27)26-17-20-7-3-2-4-8-20/h2-16H,17-18H2,1H3/p+1. The Hall–Kier alpha value is -3.46. The van der Waals surface area contributed by atoms with Gasteiger partial charge in [0.1, 0.15) is 0 Å². The maximum atomic E-state index is 12.7. The lowest BCUT2D eigenvalue weighted by molar-refractivity contribution is -0.657. The number of rotatable bonds is 6. The van der Waals surface area contributed by atoms with Gasteiger partial charge in [-0.2, -0.15) is 4.57 Å². The van der Waals surface area contributed by atoms with E-state index in [4.69, 9.17) is 0 Å². The number of anilines is 1. The lowest BCUT2D eigenvalue weighted by Gasteiger charge is -2.10. The molecule has 0 atom stereocenters. The zero-order valence-corrected chi connectivity index (χ0v) is 15.9. The number of para-hydroxylation sites is 1. The van der Waals surface area contributed by atoms with Crippen LogP contribution in [0.3, 0.4) is 0 Å². The molecule has 1 heterocycles. The molecular formula is C25H23N2O+. The summed E-state index contributed by atoms with van der Waals surface area (Å²) in [7, 11) is 0. The Balaban J connectivity index is 1.60. The molecule has 4 rings (SSSR count). The van der Waals surface area contributed by atoms with Gasteiger partial charge in [-0.1, -0.05) is 72.3 Å². The molecule has 1 aromatic heterocycles. The smallest absolute Gasteiger partial charge is 0.227 e. The normalized spacial score (nSPS) is 10.8. The predicted molar refractivity (Wildman–Crippen MR) is 113 cm³/mol. The van der Waals surface area contributed by atoms with Crippen LogP contribution in [0.25, 0.3) is 10.9 Å². The van der Waals surface area contributed by atoms with Crippen molar-refractivity contribution in [2.24, 2.45) is 0 Å². The number of fused-ring (bicyclic) bond motifs is 1. The minimum Gasteiger partial charge on any atom is -0.380 e. The molecule has 0 spiro atoms. The largest absolute Gasteiger partial charge is 0.380 e. The van der Waals surface area contributed by atoms with Gasteiger partial charge in [0.05, 0.1) is 11.1 Å². The number of Topliss-reactive ketones (excluding diaryl/α,β-unsaturated/α-hetero) is 1. The average Bonchev–Trinajstić information content (AvgIpc) is 2.74. The molecule has 3 aromatic carbocycles. The first kappa shape index (κ1) is 17.9. The Morgan fingerprint density at radius 2 is 1.57 bits per heavy atom. The molecule has 4 aromatic rings. The summed E-state index contributed by atoms with van der Waals surface area (Å²) >= 11 is 0. The number of carbonyl (C=O) groups is 1. The molecule has 138 valence electrons. The number of benzene rings is 3. The molecule has 28 heavy (non-hydrogen) atoms. The molecule has 0 saturated heterocycles. The minimum absolute atomic E-state index is 0.111. The summed E-state index contributed by atoms with van der Waals surface area (Å²) in [6.45, 7) is 3.11. The second kappa shape index (κ2) is 8.05. The molecule has 0 radical (unpaired) electrons. The zero-order valence-electron chi connectivity index (χ0n) is 15.9. The zero-order chi connectivity index (χ0) is 19.3. The van der Waals surface area contributed by atoms with E-state index in [0.717, 1.165) is 34.3 Å². The number of pyridine rings is 1. The first-order valence-corrected chi connectivity index (χ1v) is 9.49. The number of aromatic nitrogens is 1. The third kappa shape index (κ3) is 3.94. The van der Waals surface area contributed by atoms with Crippen LogP contribution in [0.5, 0.6) is 0 Å². The predicted octanol–water partition coefficient (Wildman–Crippen LogP) is 4.93. The van der Waals surface area contributed by atoms with Crippen LogP contribution >= 0.6 is 0 Å². The molecular weight excluding hydrogens is 344 g/mol. The molecule has 0 amide bonds. The minimum atomic E-state index is 0.111. The van der Waals surface area contributed by atoms with Crippen LogP contribution in [0, 0.1) is 6.92 Å². The van der Waals surface area contributed by atoms with E-state index in [1.165, 1.54) is 5.56 Å². The fraction of sp³-hybridized carbons (Fsp3) is 0.120. The summed E-state index contributed by atoms with van der Waals surface area (Å²) in [5.74, 6) is 0.111. The van der Waals surface area contributed by atoms with Crippen LogP contribution in [-0.4, -0.2) is 5.78 Å². The van der Waals surface area contributed by atoms with Crippen molar-refractivity contribution in [3.8, 4) is 0 Å². The van der Waals surface area contributed by atoms with Crippen LogP contribution in [0.2, 0.25) is 0 Å². The highest BCUT2D eigenvalue weighted by atomic mass is 16.1. The first-order valence-electron chi connectivity index (χ1n) is 9.49. The van der Waals surface area contributed by atoms with Gasteiger partial charge < -0.3 is 5.32 Å². The number of carbonyl (C=O) groups excluding carboxylic acids is 1. The number of ketones is 1. The van der Waals surface area contributed by atoms with Gasteiger partial charge in [-0.3, -0.25) is 4.79 Å². The summed E-state index contributed by atoms with van der Waals surface area (Å²) in [6, 6.07) is 28.3. The molecule has 0 aliphatic carbocycles. The monoisotopic (exact) mass is 367 g/mol. The Labute approximate surface area is 165 Å². The van der Waals surface area contributed by atoms with Gasteiger partial charge in [-0.05, 0) is 18.6 Å². The van der Waals surface area contributed by atoms with Gasteiger partial charge in [0.15, 0.2) is 6.20 Å². The van der Waals surface area contributed by atoms with Gasteiger partial charge in [0, 0.05) is 24.2 Å². The van der Waals surface area contributed by atoms with Gasteiger partial charge in [-0.25, -0.2) is 0 Å². The van der Waals surface area contributed by atoms with Crippen LogP contribution in [-0.2, 0) is 13.1 Å². The second-order valence-electron chi connectivity index (χ2n) is 7.00. The molecule has 0 aliphatic rings. The van der Waals surface area contributed by atoms with E-state index in [0.29, 0.717) is 6.54 Å². The Bertz CT molecular complexity index is 1100.